The molecule has 1 aromatic rings. The zero-order valence-electron chi connectivity index (χ0n) is 12.6. The van der Waals surface area contributed by atoms with Gasteiger partial charge in [0.25, 0.3) is 0 Å². The van der Waals surface area contributed by atoms with Crippen molar-refractivity contribution in [2.45, 2.75) is 45.2 Å². The van der Waals surface area contributed by atoms with E-state index in [4.69, 9.17) is 0 Å². The van der Waals surface area contributed by atoms with Crippen molar-refractivity contribution >= 4 is 11.6 Å². The highest BCUT2D eigenvalue weighted by molar-refractivity contribution is 5.96. The molecule has 0 bridgehead atoms. The molecule has 1 aliphatic heterocycles. The molecule has 1 amide bonds. The minimum Gasteiger partial charge on any atom is -0.315 e. The van der Waals surface area contributed by atoms with Crippen molar-refractivity contribution in [1.29, 1.82) is 0 Å². The molecule has 0 spiro atoms. The monoisotopic (exact) mass is 272 g/mol. The summed E-state index contributed by atoms with van der Waals surface area (Å²) in [4.78, 5) is 14.0. The number of carbonyl (C=O) groups excluding carboxylic acids is 1. The molecule has 3 nitrogen and oxygen atoms in total. The summed E-state index contributed by atoms with van der Waals surface area (Å²) in [7, 11) is 1.87. The number of nitrogens with one attached hydrogen (secondary N) is 1. The lowest BCUT2D eigenvalue weighted by molar-refractivity contribution is -0.119. The maximum atomic E-state index is 12.2. The van der Waals surface area contributed by atoms with Crippen molar-refractivity contribution in [3.8, 4) is 0 Å². The molecule has 1 N–H and O–H groups in total. The first kappa shape index (κ1) is 13.6. The lowest BCUT2D eigenvalue weighted by Crippen LogP contribution is -2.42. The highest BCUT2D eigenvalue weighted by atomic mass is 16.2. The Morgan fingerprint density at radius 3 is 2.65 bits per heavy atom. The second-order valence-corrected chi connectivity index (χ2v) is 6.46. The third kappa shape index (κ3) is 2.24. The van der Waals surface area contributed by atoms with Gasteiger partial charge >= 0.3 is 0 Å². The molecular formula is C17H24N2O. The van der Waals surface area contributed by atoms with Gasteiger partial charge in [-0.2, -0.15) is 0 Å². The van der Waals surface area contributed by atoms with E-state index in [1.807, 2.05) is 19.2 Å². The number of nitrogens with zero attached hydrogens (tertiary/aromatic N) is 1. The highest BCUT2D eigenvalue weighted by Gasteiger charge is 2.35. The Balaban J connectivity index is 1.84. The van der Waals surface area contributed by atoms with Gasteiger partial charge in [-0.05, 0) is 36.3 Å². The van der Waals surface area contributed by atoms with Crippen LogP contribution in [0.5, 0.6) is 0 Å². The molecule has 1 fully saturated rings. The normalized spacial score (nSPS) is 33.4. The Bertz CT molecular complexity index is 513. The molecule has 0 radical (unpaired) electrons. The van der Waals surface area contributed by atoms with E-state index in [1.165, 1.54) is 18.4 Å². The molecular weight excluding hydrogens is 248 g/mol. The molecule has 3 rings (SSSR count). The standard InChI is InChI=1S/C17H24N2O/c1-11-8-9-14(12(11)2)18-15-10-17(20)19(3)16-7-5-4-6-13(15)16/h4-7,11-12,14-15,18H,8-10H2,1-3H3. The van der Waals surface area contributed by atoms with Gasteiger partial charge in [-0.15, -0.1) is 0 Å². The summed E-state index contributed by atoms with van der Waals surface area (Å²) in [5, 5.41) is 3.76. The molecule has 108 valence electrons. The number of anilines is 1. The van der Waals surface area contributed by atoms with Crippen LogP contribution in [0.4, 0.5) is 5.69 Å². The van der Waals surface area contributed by atoms with Gasteiger partial charge in [-0.25, -0.2) is 0 Å². The minimum absolute atomic E-state index is 0.174. The second-order valence-electron chi connectivity index (χ2n) is 6.46. The summed E-state index contributed by atoms with van der Waals surface area (Å²) in [5.74, 6) is 1.68. The smallest absolute Gasteiger partial charge is 0.228 e. The predicted molar refractivity (Wildman–Crippen MR) is 81.7 cm³/mol. The number of hydrogen-bond donors (Lipinski definition) is 1. The molecule has 0 aromatic heterocycles. The zero-order chi connectivity index (χ0) is 14.3. The van der Waals surface area contributed by atoms with Crippen LogP contribution >= 0.6 is 0 Å². The van der Waals surface area contributed by atoms with Gasteiger partial charge in [0.15, 0.2) is 0 Å². The number of carbonyl (C=O) groups is 1. The van der Waals surface area contributed by atoms with E-state index in [0.717, 1.165) is 11.6 Å². The Hall–Kier alpha value is -1.35. The topological polar surface area (TPSA) is 32.3 Å². The molecule has 20 heavy (non-hydrogen) atoms. The van der Waals surface area contributed by atoms with Gasteiger partial charge in [0.2, 0.25) is 5.91 Å². The van der Waals surface area contributed by atoms with E-state index in [9.17, 15) is 4.79 Å². The van der Waals surface area contributed by atoms with Crippen molar-refractivity contribution in [1.82, 2.24) is 5.32 Å². The Morgan fingerprint density at radius 2 is 1.95 bits per heavy atom. The fourth-order valence-electron chi connectivity index (χ4n) is 3.65. The highest BCUT2D eigenvalue weighted by Crippen LogP contribution is 2.37. The lowest BCUT2D eigenvalue weighted by atomic mass is 9.92. The Labute approximate surface area is 121 Å². The van der Waals surface area contributed by atoms with E-state index in [-0.39, 0.29) is 11.9 Å². The number of benzene rings is 1. The average Bonchev–Trinajstić information content (AvgIpc) is 2.76. The summed E-state index contributed by atoms with van der Waals surface area (Å²) >= 11 is 0. The zero-order valence-corrected chi connectivity index (χ0v) is 12.6. The molecule has 4 unspecified atom stereocenters. The van der Waals surface area contributed by atoms with Gasteiger partial charge in [0.1, 0.15) is 0 Å². The Morgan fingerprint density at radius 1 is 1.20 bits per heavy atom. The van der Waals surface area contributed by atoms with Gasteiger partial charge in [0.05, 0.1) is 0 Å². The van der Waals surface area contributed by atoms with Crippen molar-refractivity contribution in [3.63, 3.8) is 0 Å². The number of rotatable bonds is 2. The number of fused-ring (bicyclic) bond motifs is 1. The van der Waals surface area contributed by atoms with Gasteiger partial charge in [-0.1, -0.05) is 32.0 Å². The summed E-state index contributed by atoms with van der Waals surface area (Å²) in [6.07, 6.45) is 3.09. The molecule has 1 aliphatic carbocycles. The van der Waals surface area contributed by atoms with Crippen molar-refractivity contribution < 1.29 is 4.79 Å². The first-order valence-electron chi connectivity index (χ1n) is 7.69. The van der Waals surface area contributed by atoms with Crippen LogP contribution in [-0.2, 0) is 4.79 Å². The van der Waals surface area contributed by atoms with E-state index in [0.29, 0.717) is 18.4 Å². The van der Waals surface area contributed by atoms with Gasteiger partial charge in [0, 0.05) is 31.2 Å². The van der Waals surface area contributed by atoms with E-state index >= 15 is 0 Å². The van der Waals surface area contributed by atoms with Crippen LogP contribution in [0.3, 0.4) is 0 Å². The number of amides is 1. The number of hydrogen-bond acceptors (Lipinski definition) is 2. The van der Waals surface area contributed by atoms with Crippen molar-refractivity contribution in [3.05, 3.63) is 29.8 Å². The summed E-state index contributed by atoms with van der Waals surface area (Å²) in [6, 6.07) is 8.98. The minimum atomic E-state index is 0.174. The molecule has 0 saturated heterocycles. The summed E-state index contributed by atoms with van der Waals surface area (Å²) < 4.78 is 0. The molecule has 3 heteroatoms. The van der Waals surface area contributed by atoms with Crippen LogP contribution in [0.15, 0.2) is 24.3 Å². The maximum Gasteiger partial charge on any atom is 0.228 e. The van der Waals surface area contributed by atoms with Crippen LogP contribution in [0.2, 0.25) is 0 Å². The van der Waals surface area contributed by atoms with E-state index in [2.05, 4.69) is 31.3 Å². The molecule has 1 saturated carbocycles. The lowest BCUT2D eigenvalue weighted by Gasteiger charge is -2.34. The third-order valence-corrected chi connectivity index (χ3v) is 5.31. The molecule has 1 aromatic carbocycles. The van der Waals surface area contributed by atoms with E-state index in [1.54, 1.807) is 4.90 Å². The predicted octanol–water partition coefficient (Wildman–Crippen LogP) is 3.12. The largest absolute Gasteiger partial charge is 0.315 e. The summed E-state index contributed by atoms with van der Waals surface area (Å²) in [5.41, 5.74) is 2.32. The van der Waals surface area contributed by atoms with Crippen molar-refractivity contribution in [2.75, 3.05) is 11.9 Å². The first-order valence-corrected chi connectivity index (χ1v) is 7.69. The van der Waals surface area contributed by atoms with Gasteiger partial charge in [-0.3, -0.25) is 4.79 Å². The summed E-state index contributed by atoms with van der Waals surface area (Å²) in [6.45, 7) is 4.66. The fourth-order valence-corrected chi connectivity index (χ4v) is 3.65. The molecule has 2 aliphatic rings. The first-order chi connectivity index (χ1) is 9.58. The average molecular weight is 272 g/mol. The maximum absolute atomic E-state index is 12.2. The van der Waals surface area contributed by atoms with Crippen LogP contribution in [0, 0.1) is 11.8 Å². The third-order valence-electron chi connectivity index (χ3n) is 5.31. The van der Waals surface area contributed by atoms with Crippen LogP contribution in [0.1, 0.15) is 44.7 Å². The second kappa shape index (κ2) is 5.21. The molecule has 1 heterocycles. The SMILES string of the molecule is CC1CCC(NC2CC(=O)N(C)c3ccccc32)C1C. The number of para-hydroxylation sites is 1. The van der Waals surface area contributed by atoms with Crippen LogP contribution in [0.25, 0.3) is 0 Å². The van der Waals surface area contributed by atoms with Crippen LogP contribution < -0.4 is 10.2 Å². The Kier molecular flexibility index (Phi) is 3.55. The quantitative estimate of drug-likeness (QED) is 0.897. The van der Waals surface area contributed by atoms with E-state index < -0.39 is 0 Å². The van der Waals surface area contributed by atoms with Crippen molar-refractivity contribution in [2.24, 2.45) is 11.8 Å². The van der Waals surface area contributed by atoms with Gasteiger partial charge < -0.3 is 10.2 Å². The molecule has 4 atom stereocenters. The fraction of sp³-hybridized carbons (Fsp3) is 0.588. The van der Waals surface area contributed by atoms with Crippen LogP contribution in [-0.4, -0.2) is 19.0 Å².